The molecular formula is C16H25BN2O3. The summed E-state index contributed by atoms with van der Waals surface area (Å²) in [5, 5.41) is 0. The summed E-state index contributed by atoms with van der Waals surface area (Å²) in [5.74, 6) is 0.108. The molecule has 1 aromatic heterocycles. The lowest BCUT2D eigenvalue weighted by molar-refractivity contribution is -0.128. The van der Waals surface area contributed by atoms with Crippen LogP contribution >= 0.6 is 0 Å². The first-order valence-electron chi connectivity index (χ1n) is 7.63. The molecule has 1 aliphatic rings. The third-order valence-electron chi connectivity index (χ3n) is 4.47. The van der Waals surface area contributed by atoms with E-state index in [9.17, 15) is 4.79 Å². The van der Waals surface area contributed by atoms with Crippen LogP contribution in [-0.4, -0.2) is 48.2 Å². The van der Waals surface area contributed by atoms with Gasteiger partial charge in [0, 0.05) is 37.9 Å². The quantitative estimate of drug-likeness (QED) is 0.789. The van der Waals surface area contributed by atoms with Gasteiger partial charge in [0.25, 0.3) is 0 Å². The Morgan fingerprint density at radius 2 is 1.77 bits per heavy atom. The lowest BCUT2D eigenvalue weighted by atomic mass is 9.80. The van der Waals surface area contributed by atoms with Crippen molar-refractivity contribution >= 4 is 18.5 Å². The first kappa shape index (κ1) is 17.0. The van der Waals surface area contributed by atoms with Crippen LogP contribution in [0.5, 0.6) is 0 Å². The van der Waals surface area contributed by atoms with Crippen molar-refractivity contribution in [3.63, 3.8) is 0 Å². The molecule has 0 spiro atoms. The van der Waals surface area contributed by atoms with Crippen molar-refractivity contribution in [3.05, 3.63) is 24.0 Å². The zero-order chi connectivity index (χ0) is 16.5. The Labute approximate surface area is 133 Å². The molecule has 0 radical (unpaired) electrons. The zero-order valence-corrected chi connectivity index (χ0v) is 14.3. The van der Waals surface area contributed by atoms with Crippen LogP contribution in [0.25, 0.3) is 0 Å². The summed E-state index contributed by atoms with van der Waals surface area (Å²) in [7, 11) is 3.13. The van der Waals surface area contributed by atoms with Gasteiger partial charge in [0.2, 0.25) is 5.91 Å². The summed E-state index contributed by atoms with van der Waals surface area (Å²) in [6.07, 6.45) is 2.88. The molecule has 0 aromatic carbocycles. The smallest absolute Gasteiger partial charge is 0.399 e. The van der Waals surface area contributed by atoms with E-state index in [1.54, 1.807) is 25.2 Å². The van der Waals surface area contributed by atoms with E-state index in [1.165, 1.54) is 0 Å². The van der Waals surface area contributed by atoms with Gasteiger partial charge in [-0.2, -0.15) is 0 Å². The molecule has 0 bridgehead atoms. The molecule has 1 aliphatic heterocycles. The summed E-state index contributed by atoms with van der Waals surface area (Å²) in [6.45, 7) is 8.12. The van der Waals surface area contributed by atoms with Gasteiger partial charge in [-0.15, -0.1) is 0 Å². The van der Waals surface area contributed by atoms with E-state index in [2.05, 4.69) is 4.98 Å². The minimum absolute atomic E-state index is 0.108. The summed E-state index contributed by atoms with van der Waals surface area (Å²) >= 11 is 0. The van der Waals surface area contributed by atoms with Gasteiger partial charge in [0.15, 0.2) is 0 Å². The van der Waals surface area contributed by atoms with Gasteiger partial charge in [-0.25, -0.2) is 0 Å². The summed E-state index contributed by atoms with van der Waals surface area (Å²) in [6, 6.07) is 3.90. The van der Waals surface area contributed by atoms with Crippen molar-refractivity contribution in [2.24, 2.45) is 0 Å². The van der Waals surface area contributed by atoms with Crippen LogP contribution in [0.4, 0.5) is 0 Å². The molecule has 1 amide bonds. The number of rotatable bonds is 4. The highest BCUT2D eigenvalue weighted by atomic mass is 16.7. The highest BCUT2D eigenvalue weighted by molar-refractivity contribution is 6.62. The molecule has 1 aromatic rings. The number of pyridine rings is 1. The second-order valence-electron chi connectivity index (χ2n) is 6.96. The summed E-state index contributed by atoms with van der Waals surface area (Å²) in [4.78, 5) is 17.6. The number of hydrogen-bond acceptors (Lipinski definition) is 4. The molecule has 0 unspecified atom stereocenters. The standard InChI is InChI=1S/C16H25BN2O3/c1-15(2)16(3,4)22-17(21-15)12-7-8-13(18-11-12)9-10-14(20)19(5)6/h7-8,11H,9-10H2,1-6H3. The fourth-order valence-electron chi connectivity index (χ4n) is 2.16. The predicted molar refractivity (Wildman–Crippen MR) is 87.0 cm³/mol. The fourth-order valence-corrected chi connectivity index (χ4v) is 2.16. The van der Waals surface area contributed by atoms with Crippen molar-refractivity contribution in [1.29, 1.82) is 0 Å². The molecule has 1 saturated heterocycles. The largest absolute Gasteiger partial charge is 0.496 e. The lowest BCUT2D eigenvalue weighted by Crippen LogP contribution is -2.41. The molecule has 0 atom stereocenters. The topological polar surface area (TPSA) is 51.7 Å². The van der Waals surface area contributed by atoms with E-state index in [4.69, 9.17) is 9.31 Å². The van der Waals surface area contributed by atoms with Crippen LogP contribution in [0.1, 0.15) is 39.8 Å². The molecule has 2 heterocycles. The van der Waals surface area contributed by atoms with Gasteiger partial charge in [0.05, 0.1) is 11.2 Å². The zero-order valence-electron chi connectivity index (χ0n) is 14.3. The maximum atomic E-state index is 11.6. The second kappa shape index (κ2) is 6.01. The van der Waals surface area contributed by atoms with Gasteiger partial charge in [-0.05, 0) is 40.2 Å². The van der Waals surface area contributed by atoms with Gasteiger partial charge >= 0.3 is 7.12 Å². The van der Waals surface area contributed by atoms with Gasteiger partial charge in [-0.3, -0.25) is 9.78 Å². The number of carbonyl (C=O) groups is 1. The van der Waals surface area contributed by atoms with Gasteiger partial charge < -0.3 is 14.2 Å². The van der Waals surface area contributed by atoms with E-state index in [-0.39, 0.29) is 17.1 Å². The molecule has 22 heavy (non-hydrogen) atoms. The van der Waals surface area contributed by atoms with Crippen LogP contribution in [0.15, 0.2) is 18.3 Å². The first-order chi connectivity index (χ1) is 10.1. The lowest BCUT2D eigenvalue weighted by Gasteiger charge is -2.32. The van der Waals surface area contributed by atoms with E-state index in [0.717, 1.165) is 11.2 Å². The minimum Gasteiger partial charge on any atom is -0.399 e. The Morgan fingerprint density at radius 3 is 2.23 bits per heavy atom. The number of nitrogens with zero attached hydrogens (tertiary/aromatic N) is 2. The Kier molecular flexibility index (Phi) is 4.63. The average Bonchev–Trinajstić information content (AvgIpc) is 2.65. The molecule has 5 nitrogen and oxygen atoms in total. The number of carbonyl (C=O) groups excluding carboxylic acids is 1. The van der Waals surface area contributed by atoms with Crippen molar-refractivity contribution in [1.82, 2.24) is 9.88 Å². The van der Waals surface area contributed by atoms with Crippen LogP contribution in [0.2, 0.25) is 0 Å². The molecule has 1 fully saturated rings. The van der Waals surface area contributed by atoms with Crippen molar-refractivity contribution in [2.75, 3.05) is 14.1 Å². The van der Waals surface area contributed by atoms with E-state index >= 15 is 0 Å². The predicted octanol–water partition coefficient (Wildman–Crippen LogP) is 1.40. The number of amides is 1. The number of hydrogen-bond donors (Lipinski definition) is 0. The third kappa shape index (κ3) is 3.50. The monoisotopic (exact) mass is 304 g/mol. The minimum atomic E-state index is -0.394. The van der Waals surface area contributed by atoms with Crippen molar-refractivity contribution in [2.45, 2.75) is 51.7 Å². The molecule has 2 rings (SSSR count). The Balaban J connectivity index is 2.00. The Morgan fingerprint density at radius 1 is 1.18 bits per heavy atom. The Bertz CT molecular complexity index is 525. The van der Waals surface area contributed by atoms with E-state index in [0.29, 0.717) is 12.8 Å². The second-order valence-corrected chi connectivity index (χ2v) is 6.96. The number of aryl methyl sites for hydroxylation is 1. The summed E-state index contributed by atoms with van der Waals surface area (Å²) < 4.78 is 12.0. The molecular weight excluding hydrogens is 279 g/mol. The Hall–Kier alpha value is -1.40. The van der Waals surface area contributed by atoms with Crippen LogP contribution in [0.3, 0.4) is 0 Å². The van der Waals surface area contributed by atoms with Gasteiger partial charge in [-0.1, -0.05) is 6.07 Å². The van der Waals surface area contributed by atoms with Crippen LogP contribution in [-0.2, 0) is 20.5 Å². The third-order valence-corrected chi connectivity index (χ3v) is 4.47. The van der Waals surface area contributed by atoms with Crippen molar-refractivity contribution in [3.8, 4) is 0 Å². The normalized spacial score (nSPS) is 19.3. The van der Waals surface area contributed by atoms with E-state index in [1.807, 2.05) is 39.8 Å². The maximum Gasteiger partial charge on any atom is 0.496 e. The average molecular weight is 304 g/mol. The van der Waals surface area contributed by atoms with Gasteiger partial charge in [0.1, 0.15) is 0 Å². The first-order valence-corrected chi connectivity index (χ1v) is 7.63. The molecule has 0 N–H and O–H groups in total. The van der Waals surface area contributed by atoms with Crippen LogP contribution in [0, 0.1) is 0 Å². The molecule has 6 heteroatoms. The number of aromatic nitrogens is 1. The fraction of sp³-hybridized carbons (Fsp3) is 0.625. The molecule has 120 valence electrons. The van der Waals surface area contributed by atoms with Crippen molar-refractivity contribution < 1.29 is 14.1 Å². The summed E-state index contributed by atoms with van der Waals surface area (Å²) in [5.41, 5.74) is 1.10. The highest BCUT2D eigenvalue weighted by Crippen LogP contribution is 2.36. The highest BCUT2D eigenvalue weighted by Gasteiger charge is 2.51. The molecule has 0 aliphatic carbocycles. The SMILES string of the molecule is CN(C)C(=O)CCc1ccc(B2OC(C)(C)C(C)(C)O2)cn1. The maximum absolute atomic E-state index is 11.6. The van der Waals surface area contributed by atoms with Crippen LogP contribution < -0.4 is 5.46 Å². The van der Waals surface area contributed by atoms with E-state index < -0.39 is 7.12 Å². The molecule has 0 saturated carbocycles.